The quantitative estimate of drug-likeness (QED) is 0.864. The number of aliphatic hydroxyl groups excluding tert-OH is 2. The Kier molecular flexibility index (Phi) is 5.29. The van der Waals surface area contributed by atoms with Crippen molar-refractivity contribution in [3.05, 3.63) is 33.8 Å². The highest BCUT2D eigenvalue weighted by atomic mass is 79.9. The van der Waals surface area contributed by atoms with Gasteiger partial charge in [-0.05, 0) is 37.0 Å². The molecule has 1 aromatic rings. The fourth-order valence-corrected chi connectivity index (χ4v) is 1.72. The molecule has 0 aromatic heterocycles. The highest BCUT2D eigenvalue weighted by Gasteiger charge is 2.06. The SMILES string of the molecule is Cc1cc(CCC(CO)CO)ccc1Br. The van der Waals surface area contributed by atoms with Gasteiger partial charge in [0.25, 0.3) is 0 Å². The molecule has 2 nitrogen and oxygen atoms in total. The van der Waals surface area contributed by atoms with E-state index >= 15 is 0 Å². The zero-order chi connectivity index (χ0) is 11.3. The van der Waals surface area contributed by atoms with Gasteiger partial charge in [-0.15, -0.1) is 0 Å². The fraction of sp³-hybridized carbons (Fsp3) is 0.500. The van der Waals surface area contributed by atoms with E-state index in [9.17, 15) is 0 Å². The molecular weight excluding hydrogens is 256 g/mol. The summed E-state index contributed by atoms with van der Waals surface area (Å²) in [4.78, 5) is 0. The van der Waals surface area contributed by atoms with E-state index in [2.05, 4.69) is 35.0 Å². The lowest BCUT2D eigenvalue weighted by molar-refractivity contribution is 0.144. The van der Waals surface area contributed by atoms with Gasteiger partial charge in [-0.3, -0.25) is 0 Å². The van der Waals surface area contributed by atoms with Crippen molar-refractivity contribution < 1.29 is 10.2 Å². The van der Waals surface area contributed by atoms with Gasteiger partial charge in [0.2, 0.25) is 0 Å². The molecular formula is C12H17BrO2. The second kappa shape index (κ2) is 6.26. The standard InChI is InChI=1S/C12H17BrO2/c1-9-6-10(4-5-12(9)13)2-3-11(7-14)8-15/h4-6,11,14-15H,2-3,7-8H2,1H3. The van der Waals surface area contributed by atoms with Crippen LogP contribution in [0.5, 0.6) is 0 Å². The minimum atomic E-state index is 0.00829. The number of rotatable bonds is 5. The average Bonchev–Trinajstić information content (AvgIpc) is 2.24. The summed E-state index contributed by atoms with van der Waals surface area (Å²) in [6.07, 6.45) is 1.73. The molecule has 0 bridgehead atoms. The van der Waals surface area contributed by atoms with Crippen molar-refractivity contribution in [1.29, 1.82) is 0 Å². The van der Waals surface area contributed by atoms with Crippen molar-refractivity contribution in [1.82, 2.24) is 0 Å². The van der Waals surface area contributed by atoms with Crippen molar-refractivity contribution in [3.8, 4) is 0 Å². The Labute approximate surface area is 99.1 Å². The summed E-state index contributed by atoms with van der Waals surface area (Å²) in [6, 6.07) is 6.25. The van der Waals surface area contributed by atoms with Crippen LogP contribution >= 0.6 is 15.9 Å². The Hall–Kier alpha value is -0.380. The largest absolute Gasteiger partial charge is 0.396 e. The second-order valence-electron chi connectivity index (χ2n) is 3.85. The minimum Gasteiger partial charge on any atom is -0.396 e. The maximum Gasteiger partial charge on any atom is 0.0481 e. The van der Waals surface area contributed by atoms with Crippen LogP contribution in [0.2, 0.25) is 0 Å². The Morgan fingerprint density at radius 2 is 1.93 bits per heavy atom. The van der Waals surface area contributed by atoms with Crippen molar-refractivity contribution >= 4 is 15.9 Å². The first kappa shape index (κ1) is 12.7. The molecule has 2 N–H and O–H groups in total. The first-order valence-corrected chi connectivity index (χ1v) is 5.93. The molecule has 0 aliphatic carbocycles. The summed E-state index contributed by atoms with van der Waals surface area (Å²) in [6.45, 7) is 2.18. The van der Waals surface area contributed by atoms with Crippen molar-refractivity contribution in [2.45, 2.75) is 19.8 Å². The molecule has 0 fully saturated rings. The lowest BCUT2D eigenvalue weighted by Crippen LogP contribution is -2.11. The van der Waals surface area contributed by atoms with Gasteiger partial charge in [-0.2, -0.15) is 0 Å². The van der Waals surface area contributed by atoms with Gasteiger partial charge < -0.3 is 10.2 Å². The lowest BCUT2D eigenvalue weighted by Gasteiger charge is -2.10. The van der Waals surface area contributed by atoms with E-state index < -0.39 is 0 Å². The Morgan fingerprint density at radius 1 is 1.27 bits per heavy atom. The van der Waals surface area contributed by atoms with Gasteiger partial charge in [0.1, 0.15) is 0 Å². The number of halogens is 1. The van der Waals surface area contributed by atoms with E-state index in [-0.39, 0.29) is 19.1 Å². The van der Waals surface area contributed by atoms with Crippen LogP contribution in [-0.2, 0) is 6.42 Å². The molecule has 0 saturated carbocycles. The van der Waals surface area contributed by atoms with E-state index in [1.807, 2.05) is 6.07 Å². The number of hydrogen-bond donors (Lipinski definition) is 2. The van der Waals surface area contributed by atoms with Crippen LogP contribution in [-0.4, -0.2) is 23.4 Å². The summed E-state index contributed by atoms with van der Waals surface area (Å²) in [7, 11) is 0. The first-order valence-electron chi connectivity index (χ1n) is 5.14. The average molecular weight is 273 g/mol. The summed E-state index contributed by atoms with van der Waals surface area (Å²) in [5, 5.41) is 17.9. The second-order valence-corrected chi connectivity index (χ2v) is 4.71. The predicted molar refractivity (Wildman–Crippen MR) is 64.9 cm³/mol. The molecule has 0 radical (unpaired) electrons. The van der Waals surface area contributed by atoms with Crippen LogP contribution in [0, 0.1) is 12.8 Å². The minimum absolute atomic E-state index is 0.00829. The molecule has 15 heavy (non-hydrogen) atoms. The van der Waals surface area contributed by atoms with Gasteiger partial charge in [-0.1, -0.05) is 28.1 Å². The molecule has 3 heteroatoms. The van der Waals surface area contributed by atoms with Crippen LogP contribution in [0.15, 0.2) is 22.7 Å². The summed E-state index contributed by atoms with van der Waals surface area (Å²) >= 11 is 3.46. The van der Waals surface area contributed by atoms with Gasteiger partial charge in [-0.25, -0.2) is 0 Å². The molecule has 0 aliphatic heterocycles. The molecule has 0 saturated heterocycles. The van der Waals surface area contributed by atoms with Crippen molar-refractivity contribution in [2.75, 3.05) is 13.2 Å². The highest BCUT2D eigenvalue weighted by molar-refractivity contribution is 9.10. The van der Waals surface area contributed by atoms with Crippen molar-refractivity contribution in [2.24, 2.45) is 5.92 Å². The smallest absolute Gasteiger partial charge is 0.0481 e. The highest BCUT2D eigenvalue weighted by Crippen LogP contribution is 2.18. The normalized spacial score (nSPS) is 11.0. The van der Waals surface area contributed by atoms with Crippen LogP contribution in [0.25, 0.3) is 0 Å². The molecule has 0 aliphatic rings. The van der Waals surface area contributed by atoms with Crippen LogP contribution in [0.3, 0.4) is 0 Å². The molecule has 0 heterocycles. The monoisotopic (exact) mass is 272 g/mol. The molecule has 1 aromatic carbocycles. The number of aliphatic hydroxyl groups is 2. The summed E-state index contributed by atoms with van der Waals surface area (Å²) < 4.78 is 1.12. The molecule has 84 valence electrons. The van der Waals surface area contributed by atoms with Gasteiger partial charge in [0, 0.05) is 23.6 Å². The van der Waals surface area contributed by atoms with Crippen molar-refractivity contribution in [3.63, 3.8) is 0 Å². The van der Waals surface area contributed by atoms with E-state index in [4.69, 9.17) is 10.2 Å². The third-order valence-electron chi connectivity index (χ3n) is 2.58. The van der Waals surface area contributed by atoms with Crippen LogP contribution < -0.4 is 0 Å². The number of aryl methyl sites for hydroxylation is 2. The third kappa shape index (κ3) is 3.93. The van der Waals surface area contributed by atoms with Gasteiger partial charge >= 0.3 is 0 Å². The molecule has 1 rings (SSSR count). The van der Waals surface area contributed by atoms with E-state index in [1.165, 1.54) is 11.1 Å². The Bertz CT molecular complexity index is 308. The molecule has 0 atom stereocenters. The Balaban J connectivity index is 2.54. The van der Waals surface area contributed by atoms with E-state index in [1.54, 1.807) is 0 Å². The zero-order valence-electron chi connectivity index (χ0n) is 8.91. The molecule has 0 unspecified atom stereocenters. The maximum absolute atomic E-state index is 8.94. The third-order valence-corrected chi connectivity index (χ3v) is 3.47. The molecule has 0 spiro atoms. The number of hydrogen-bond acceptors (Lipinski definition) is 2. The van der Waals surface area contributed by atoms with E-state index in [0.717, 1.165) is 17.3 Å². The van der Waals surface area contributed by atoms with E-state index in [0.29, 0.717) is 0 Å². The lowest BCUT2D eigenvalue weighted by atomic mass is 10.00. The molecule has 0 amide bonds. The maximum atomic E-state index is 8.94. The van der Waals surface area contributed by atoms with Gasteiger partial charge in [0.15, 0.2) is 0 Å². The van der Waals surface area contributed by atoms with Crippen LogP contribution in [0.1, 0.15) is 17.5 Å². The fourth-order valence-electron chi connectivity index (χ4n) is 1.47. The van der Waals surface area contributed by atoms with Gasteiger partial charge in [0.05, 0.1) is 0 Å². The predicted octanol–water partition coefficient (Wildman–Crippen LogP) is 2.29. The topological polar surface area (TPSA) is 40.5 Å². The first-order chi connectivity index (χ1) is 7.17. The summed E-state index contributed by atoms with van der Waals surface area (Å²) in [5.74, 6) is 0.00829. The Morgan fingerprint density at radius 3 is 2.47 bits per heavy atom. The zero-order valence-corrected chi connectivity index (χ0v) is 10.5. The number of benzene rings is 1. The van der Waals surface area contributed by atoms with Crippen LogP contribution in [0.4, 0.5) is 0 Å². The summed E-state index contributed by atoms with van der Waals surface area (Å²) in [5.41, 5.74) is 2.47.